The van der Waals surface area contributed by atoms with Crippen molar-refractivity contribution in [3.63, 3.8) is 0 Å². The minimum atomic E-state index is -0.241. The van der Waals surface area contributed by atoms with Crippen molar-refractivity contribution >= 4 is 11.8 Å². The van der Waals surface area contributed by atoms with Gasteiger partial charge in [0.05, 0.1) is 0 Å². The van der Waals surface area contributed by atoms with Gasteiger partial charge < -0.3 is 19.9 Å². The maximum absolute atomic E-state index is 12.2. The average molecular weight is 295 g/mol. The Labute approximate surface area is 125 Å². The third-order valence-electron chi connectivity index (χ3n) is 4.50. The summed E-state index contributed by atoms with van der Waals surface area (Å²) in [4.78, 5) is 28.0. The summed E-state index contributed by atoms with van der Waals surface area (Å²) in [6, 6.07) is 0.652. The van der Waals surface area contributed by atoms with Crippen LogP contribution in [0.25, 0.3) is 0 Å². The van der Waals surface area contributed by atoms with Gasteiger partial charge in [-0.05, 0) is 25.7 Å². The lowest BCUT2D eigenvalue weighted by Gasteiger charge is -2.35. The summed E-state index contributed by atoms with van der Waals surface area (Å²) in [7, 11) is 0. The van der Waals surface area contributed by atoms with Crippen LogP contribution >= 0.6 is 0 Å². The first-order valence-corrected chi connectivity index (χ1v) is 8.15. The van der Waals surface area contributed by atoms with E-state index in [1.165, 1.54) is 12.8 Å². The highest BCUT2D eigenvalue weighted by Gasteiger charge is 2.31. The first-order chi connectivity index (χ1) is 10.2. The predicted octanol–water partition coefficient (Wildman–Crippen LogP) is -0.0217. The van der Waals surface area contributed by atoms with Crippen LogP contribution in [0.5, 0.6) is 0 Å². The molecule has 0 spiro atoms. The zero-order valence-electron chi connectivity index (χ0n) is 12.6. The monoisotopic (exact) mass is 295 g/mol. The second kappa shape index (κ2) is 6.75. The summed E-state index contributed by atoms with van der Waals surface area (Å²) in [6.45, 7) is 4.06. The van der Waals surface area contributed by atoms with Crippen LogP contribution in [0.2, 0.25) is 0 Å². The maximum Gasteiger partial charge on any atom is 0.251 e. The van der Waals surface area contributed by atoms with Gasteiger partial charge in [-0.3, -0.25) is 9.59 Å². The first kappa shape index (κ1) is 14.8. The van der Waals surface area contributed by atoms with Crippen molar-refractivity contribution in [3.05, 3.63) is 0 Å². The lowest BCUT2D eigenvalue weighted by molar-refractivity contribution is -0.146. The number of rotatable bonds is 5. The third kappa shape index (κ3) is 3.95. The predicted molar refractivity (Wildman–Crippen MR) is 77.8 cm³/mol. The summed E-state index contributed by atoms with van der Waals surface area (Å²) in [5.41, 5.74) is 0. The molecular weight excluding hydrogens is 270 g/mol. The summed E-state index contributed by atoms with van der Waals surface area (Å²) in [5.74, 6) is 0.308. The fraction of sp³-hybridized carbons (Fsp3) is 0.867. The summed E-state index contributed by atoms with van der Waals surface area (Å²) in [6.07, 6.45) is 4.63. The number of ether oxygens (including phenoxy) is 1. The van der Waals surface area contributed by atoms with Crippen LogP contribution in [0.4, 0.5) is 0 Å². The Morgan fingerprint density at radius 2 is 1.76 bits per heavy atom. The topological polar surface area (TPSA) is 61.9 Å². The normalized spacial score (nSPS) is 26.2. The van der Waals surface area contributed by atoms with E-state index in [9.17, 15) is 9.59 Å². The minimum Gasteiger partial charge on any atom is -0.368 e. The van der Waals surface area contributed by atoms with Gasteiger partial charge in [-0.25, -0.2) is 0 Å². The molecule has 1 atom stereocenters. The van der Waals surface area contributed by atoms with Crippen LogP contribution in [-0.4, -0.2) is 73.1 Å². The van der Waals surface area contributed by atoms with Gasteiger partial charge in [0, 0.05) is 51.8 Å². The number of nitrogens with one attached hydrogen (secondary N) is 1. The molecule has 1 aliphatic carbocycles. The minimum absolute atomic E-state index is 0.106. The molecule has 2 heterocycles. The van der Waals surface area contributed by atoms with Crippen LogP contribution in [0.15, 0.2) is 0 Å². The molecule has 3 aliphatic rings. The van der Waals surface area contributed by atoms with E-state index in [1.807, 2.05) is 9.80 Å². The molecule has 0 aromatic heterocycles. The second-order valence-electron chi connectivity index (χ2n) is 6.19. The van der Waals surface area contributed by atoms with Gasteiger partial charge in [-0.15, -0.1) is 0 Å². The van der Waals surface area contributed by atoms with E-state index < -0.39 is 0 Å². The van der Waals surface area contributed by atoms with Gasteiger partial charge in [-0.2, -0.15) is 0 Å². The van der Waals surface area contributed by atoms with Gasteiger partial charge in [0.25, 0.3) is 5.91 Å². The molecule has 3 fully saturated rings. The van der Waals surface area contributed by atoms with Gasteiger partial charge in [0.1, 0.15) is 6.10 Å². The standard InChI is InChI=1S/C15H25N3O3/c19-14(5-6-16-12-3-4-12)17-7-9-18(10-8-17)15(20)13-2-1-11-21-13/h12-13,16H,1-11H2. The number of carbonyl (C=O) groups excluding carboxylic acids is 2. The zero-order valence-corrected chi connectivity index (χ0v) is 12.6. The molecule has 1 saturated carbocycles. The van der Waals surface area contributed by atoms with Crippen molar-refractivity contribution in [2.24, 2.45) is 0 Å². The number of piperazine rings is 1. The van der Waals surface area contributed by atoms with Crippen LogP contribution in [-0.2, 0) is 14.3 Å². The number of hydrogen-bond donors (Lipinski definition) is 1. The van der Waals surface area contributed by atoms with E-state index in [4.69, 9.17) is 4.74 Å². The van der Waals surface area contributed by atoms with E-state index >= 15 is 0 Å². The van der Waals surface area contributed by atoms with E-state index in [1.54, 1.807) is 0 Å². The highest BCUT2D eigenvalue weighted by Crippen LogP contribution is 2.18. The molecule has 3 rings (SSSR count). The van der Waals surface area contributed by atoms with Crippen molar-refractivity contribution < 1.29 is 14.3 Å². The van der Waals surface area contributed by atoms with E-state index in [0.29, 0.717) is 45.2 Å². The molecule has 2 aliphatic heterocycles. The van der Waals surface area contributed by atoms with Crippen LogP contribution in [0, 0.1) is 0 Å². The molecular formula is C15H25N3O3. The largest absolute Gasteiger partial charge is 0.368 e. The molecule has 0 aromatic carbocycles. The van der Waals surface area contributed by atoms with Gasteiger partial charge >= 0.3 is 0 Å². The molecule has 0 radical (unpaired) electrons. The zero-order chi connectivity index (χ0) is 14.7. The Kier molecular flexibility index (Phi) is 4.75. The van der Waals surface area contributed by atoms with Gasteiger partial charge in [0.2, 0.25) is 5.91 Å². The fourth-order valence-electron chi connectivity index (χ4n) is 2.98. The van der Waals surface area contributed by atoms with E-state index in [-0.39, 0.29) is 17.9 Å². The summed E-state index contributed by atoms with van der Waals surface area (Å²) < 4.78 is 5.44. The quantitative estimate of drug-likeness (QED) is 0.774. The smallest absolute Gasteiger partial charge is 0.251 e. The Morgan fingerprint density at radius 1 is 1.05 bits per heavy atom. The second-order valence-corrected chi connectivity index (χ2v) is 6.19. The first-order valence-electron chi connectivity index (χ1n) is 8.15. The average Bonchev–Trinajstić information content (AvgIpc) is 3.17. The molecule has 118 valence electrons. The fourth-order valence-corrected chi connectivity index (χ4v) is 2.98. The van der Waals surface area contributed by atoms with Crippen LogP contribution in [0.3, 0.4) is 0 Å². The number of amides is 2. The third-order valence-corrected chi connectivity index (χ3v) is 4.50. The summed E-state index contributed by atoms with van der Waals surface area (Å²) >= 11 is 0. The number of carbonyl (C=O) groups is 2. The molecule has 0 bridgehead atoms. The van der Waals surface area contributed by atoms with Crippen molar-refractivity contribution in [2.75, 3.05) is 39.3 Å². The SMILES string of the molecule is O=C(CCNC1CC1)N1CCN(C(=O)C2CCCO2)CC1. The van der Waals surface area contributed by atoms with Gasteiger partial charge in [-0.1, -0.05) is 0 Å². The van der Waals surface area contributed by atoms with Crippen molar-refractivity contribution in [1.82, 2.24) is 15.1 Å². The Balaban J connectivity index is 1.37. The van der Waals surface area contributed by atoms with Crippen LogP contribution in [0.1, 0.15) is 32.1 Å². The summed E-state index contributed by atoms with van der Waals surface area (Å²) in [5, 5.41) is 3.36. The highest BCUT2D eigenvalue weighted by atomic mass is 16.5. The lowest BCUT2D eigenvalue weighted by atomic mass is 10.2. The maximum atomic E-state index is 12.2. The molecule has 21 heavy (non-hydrogen) atoms. The number of nitrogens with zero attached hydrogens (tertiary/aromatic N) is 2. The van der Waals surface area contributed by atoms with E-state index in [0.717, 1.165) is 19.4 Å². The number of hydrogen-bond acceptors (Lipinski definition) is 4. The van der Waals surface area contributed by atoms with Gasteiger partial charge in [0.15, 0.2) is 0 Å². The lowest BCUT2D eigenvalue weighted by Crippen LogP contribution is -2.53. The Hall–Kier alpha value is -1.14. The van der Waals surface area contributed by atoms with E-state index in [2.05, 4.69) is 5.32 Å². The molecule has 1 N–H and O–H groups in total. The van der Waals surface area contributed by atoms with Crippen molar-refractivity contribution in [3.8, 4) is 0 Å². The molecule has 6 nitrogen and oxygen atoms in total. The molecule has 2 amide bonds. The molecule has 0 aromatic rings. The van der Waals surface area contributed by atoms with Crippen molar-refractivity contribution in [1.29, 1.82) is 0 Å². The molecule has 6 heteroatoms. The van der Waals surface area contributed by atoms with Crippen LogP contribution < -0.4 is 5.32 Å². The molecule has 1 unspecified atom stereocenters. The molecule has 2 saturated heterocycles. The highest BCUT2D eigenvalue weighted by molar-refractivity contribution is 5.82. The Morgan fingerprint density at radius 3 is 2.38 bits per heavy atom. The van der Waals surface area contributed by atoms with Crippen molar-refractivity contribution in [2.45, 2.75) is 44.2 Å². The Bertz CT molecular complexity index is 384.